The molecule has 0 aliphatic rings. The Hall–Kier alpha value is -2.56. The van der Waals surface area contributed by atoms with E-state index in [0.29, 0.717) is 6.42 Å². The zero-order chi connectivity index (χ0) is 21.1. The van der Waals surface area contributed by atoms with E-state index in [9.17, 15) is 18.5 Å². The summed E-state index contributed by atoms with van der Waals surface area (Å²) in [6, 6.07) is 24.6. The molecule has 0 radical (unpaired) electrons. The summed E-state index contributed by atoms with van der Waals surface area (Å²) in [5.74, 6) is 0. The highest BCUT2D eigenvalue weighted by Crippen LogP contribution is 2.54. The fraction of sp³-hybridized carbons (Fsp3) is 0.182. The van der Waals surface area contributed by atoms with Crippen LogP contribution < -0.4 is 10.6 Å². The Balaban J connectivity index is 2.19. The second-order valence-electron chi connectivity index (χ2n) is 6.79. The largest absolute Gasteiger partial charge is 0.269 e. The summed E-state index contributed by atoms with van der Waals surface area (Å²) in [6.45, 7) is 3.67. The van der Waals surface area contributed by atoms with Gasteiger partial charge in [-0.1, -0.05) is 67.6 Å². The normalized spacial score (nSPS) is 13.8. The molecule has 0 amide bonds. The lowest BCUT2D eigenvalue weighted by atomic mass is 10.3. The van der Waals surface area contributed by atoms with E-state index in [1.807, 2.05) is 67.6 Å². The van der Waals surface area contributed by atoms with E-state index >= 15 is 0 Å². The quantitative estimate of drug-likeness (QED) is 0.313. The van der Waals surface area contributed by atoms with Gasteiger partial charge in [0, 0.05) is 12.1 Å². The monoisotopic (exact) mass is 427 g/mol. The summed E-state index contributed by atoms with van der Waals surface area (Å²) in [5.41, 5.74) is -0.129. The second-order valence-corrected chi connectivity index (χ2v) is 12.2. The van der Waals surface area contributed by atoms with Gasteiger partial charge in [-0.05, 0) is 44.0 Å². The SMILES string of the molecule is CCC(C)(P(c1ccccc1)c1ccccc1)S(=O)(=O)c1ccc([N+](=O)[O-])cc1. The fourth-order valence-electron chi connectivity index (χ4n) is 3.32. The lowest BCUT2D eigenvalue weighted by Crippen LogP contribution is -2.39. The van der Waals surface area contributed by atoms with Gasteiger partial charge in [0.2, 0.25) is 0 Å². The number of nitrogens with zero attached hydrogens (tertiary/aromatic N) is 1. The average Bonchev–Trinajstić information content (AvgIpc) is 2.75. The first-order chi connectivity index (χ1) is 13.8. The van der Waals surface area contributed by atoms with Crippen LogP contribution in [0.15, 0.2) is 89.8 Å². The predicted octanol–water partition coefficient (Wildman–Crippen LogP) is 4.63. The van der Waals surface area contributed by atoms with Gasteiger partial charge in [-0.2, -0.15) is 0 Å². The molecule has 3 aromatic carbocycles. The molecule has 150 valence electrons. The molecule has 0 aromatic heterocycles. The molecule has 3 aromatic rings. The van der Waals surface area contributed by atoms with Crippen LogP contribution in [0.4, 0.5) is 5.69 Å². The first kappa shape index (κ1) is 21.2. The van der Waals surface area contributed by atoms with Gasteiger partial charge in [-0.15, -0.1) is 0 Å². The van der Waals surface area contributed by atoms with Crippen molar-refractivity contribution >= 4 is 34.1 Å². The Kier molecular flexibility index (Phi) is 6.15. The molecule has 0 N–H and O–H groups in total. The van der Waals surface area contributed by atoms with Crippen LogP contribution in [0.25, 0.3) is 0 Å². The van der Waals surface area contributed by atoms with E-state index in [0.717, 1.165) is 10.6 Å². The Labute approximate surface area is 172 Å². The number of nitro benzene ring substituents is 1. The molecule has 3 rings (SSSR count). The van der Waals surface area contributed by atoms with Gasteiger partial charge in [0.1, 0.15) is 4.49 Å². The summed E-state index contributed by atoms with van der Waals surface area (Å²) in [4.78, 5) is 10.5. The molecular weight excluding hydrogens is 405 g/mol. The van der Waals surface area contributed by atoms with Gasteiger partial charge >= 0.3 is 0 Å². The second kappa shape index (κ2) is 8.44. The Bertz CT molecular complexity index is 1050. The molecule has 1 atom stereocenters. The van der Waals surface area contributed by atoms with Gasteiger partial charge in [0.25, 0.3) is 5.69 Å². The first-order valence-corrected chi connectivity index (χ1v) is 12.0. The van der Waals surface area contributed by atoms with Crippen molar-refractivity contribution in [3.8, 4) is 0 Å². The zero-order valence-corrected chi connectivity index (χ0v) is 17.9. The van der Waals surface area contributed by atoms with Crippen molar-refractivity contribution in [3.63, 3.8) is 0 Å². The number of sulfone groups is 1. The lowest BCUT2D eigenvalue weighted by Gasteiger charge is -2.37. The highest BCUT2D eigenvalue weighted by atomic mass is 32.2. The zero-order valence-electron chi connectivity index (χ0n) is 16.2. The number of nitro groups is 1. The molecule has 0 heterocycles. The Morgan fingerprint density at radius 3 is 1.69 bits per heavy atom. The topological polar surface area (TPSA) is 77.3 Å². The maximum atomic E-state index is 13.8. The van der Waals surface area contributed by atoms with Crippen LogP contribution in [-0.2, 0) is 9.84 Å². The van der Waals surface area contributed by atoms with Crippen molar-refractivity contribution in [2.24, 2.45) is 0 Å². The molecular formula is C22H22NO4PS. The third-order valence-corrected chi connectivity index (χ3v) is 11.6. The van der Waals surface area contributed by atoms with E-state index in [1.54, 1.807) is 6.92 Å². The van der Waals surface area contributed by atoms with Crippen LogP contribution >= 0.6 is 7.92 Å². The fourth-order valence-corrected chi connectivity index (χ4v) is 9.26. The smallest absolute Gasteiger partial charge is 0.258 e. The van der Waals surface area contributed by atoms with Gasteiger partial charge in [0.15, 0.2) is 9.84 Å². The summed E-state index contributed by atoms with van der Waals surface area (Å²) in [6.07, 6.45) is 0.405. The number of hydrogen-bond donors (Lipinski definition) is 0. The van der Waals surface area contributed by atoms with Gasteiger partial charge in [0.05, 0.1) is 9.82 Å². The van der Waals surface area contributed by atoms with Crippen LogP contribution in [-0.4, -0.2) is 17.8 Å². The average molecular weight is 427 g/mol. The predicted molar refractivity (Wildman–Crippen MR) is 118 cm³/mol. The molecule has 29 heavy (non-hydrogen) atoms. The van der Waals surface area contributed by atoms with Gasteiger partial charge in [-0.3, -0.25) is 10.1 Å². The summed E-state index contributed by atoms with van der Waals surface area (Å²) in [5, 5.41) is 12.9. The number of non-ortho nitro benzene ring substituents is 1. The van der Waals surface area contributed by atoms with Gasteiger partial charge < -0.3 is 0 Å². The molecule has 0 bridgehead atoms. The molecule has 0 aliphatic heterocycles. The summed E-state index contributed by atoms with van der Waals surface area (Å²) < 4.78 is 26.5. The minimum atomic E-state index is -3.78. The number of rotatable bonds is 7. The van der Waals surface area contributed by atoms with Crippen molar-refractivity contribution in [2.75, 3.05) is 0 Å². The molecule has 0 aliphatic carbocycles. The maximum Gasteiger partial charge on any atom is 0.269 e. The molecule has 0 fully saturated rings. The van der Waals surface area contributed by atoms with E-state index in [2.05, 4.69) is 0 Å². The molecule has 1 unspecified atom stereocenters. The molecule has 7 heteroatoms. The third-order valence-electron chi connectivity index (χ3n) is 5.09. The first-order valence-electron chi connectivity index (χ1n) is 9.20. The van der Waals surface area contributed by atoms with E-state index in [4.69, 9.17) is 0 Å². The minimum Gasteiger partial charge on any atom is -0.258 e. The third kappa shape index (κ3) is 3.96. The van der Waals surface area contributed by atoms with E-state index in [1.165, 1.54) is 24.3 Å². The summed E-state index contributed by atoms with van der Waals surface area (Å²) >= 11 is 0. The van der Waals surface area contributed by atoms with Crippen LogP contribution in [0.1, 0.15) is 20.3 Å². The van der Waals surface area contributed by atoms with Crippen LogP contribution in [0.5, 0.6) is 0 Å². The van der Waals surface area contributed by atoms with E-state index in [-0.39, 0.29) is 10.6 Å². The Morgan fingerprint density at radius 1 is 0.862 bits per heavy atom. The Morgan fingerprint density at radius 2 is 1.31 bits per heavy atom. The van der Waals surface area contributed by atoms with E-state index < -0.39 is 27.2 Å². The number of hydrogen-bond acceptors (Lipinski definition) is 4. The maximum absolute atomic E-state index is 13.8. The molecule has 0 spiro atoms. The number of benzene rings is 3. The van der Waals surface area contributed by atoms with Crippen LogP contribution in [0, 0.1) is 10.1 Å². The van der Waals surface area contributed by atoms with Crippen molar-refractivity contribution in [2.45, 2.75) is 29.7 Å². The van der Waals surface area contributed by atoms with Gasteiger partial charge in [-0.25, -0.2) is 8.42 Å². The molecule has 0 saturated heterocycles. The van der Waals surface area contributed by atoms with Crippen molar-refractivity contribution in [3.05, 3.63) is 95.0 Å². The summed E-state index contributed by atoms with van der Waals surface area (Å²) in [7, 11) is -5.03. The minimum absolute atomic E-state index is 0.104. The highest BCUT2D eigenvalue weighted by Gasteiger charge is 2.46. The van der Waals surface area contributed by atoms with Crippen molar-refractivity contribution in [1.29, 1.82) is 0 Å². The molecule has 0 saturated carbocycles. The standard InChI is InChI=1S/C22H22NO4PS/c1-3-22(2,29(26,27)21-16-14-18(15-17-21)23(24)25)28(19-10-6-4-7-11-19)20-12-8-5-9-13-20/h4-17H,3H2,1-2H3. The lowest BCUT2D eigenvalue weighted by molar-refractivity contribution is -0.384. The van der Waals surface area contributed by atoms with Crippen LogP contribution in [0.2, 0.25) is 0 Å². The van der Waals surface area contributed by atoms with Crippen molar-refractivity contribution in [1.82, 2.24) is 0 Å². The van der Waals surface area contributed by atoms with Crippen molar-refractivity contribution < 1.29 is 13.3 Å². The molecule has 5 nitrogen and oxygen atoms in total. The van der Waals surface area contributed by atoms with Crippen LogP contribution in [0.3, 0.4) is 0 Å². The highest BCUT2D eigenvalue weighted by molar-refractivity contribution is 8.02.